The van der Waals surface area contributed by atoms with Gasteiger partial charge in [-0.2, -0.15) is 5.10 Å². The number of aliphatic hydroxyl groups is 1. The zero-order valence-corrected chi connectivity index (χ0v) is 18.3. The molecule has 0 fully saturated rings. The number of hydrogen-bond acceptors (Lipinski definition) is 5. The van der Waals surface area contributed by atoms with E-state index in [-0.39, 0.29) is 5.41 Å². The molecular weight excluding hydrogens is 404 g/mol. The molecule has 0 bridgehead atoms. The highest BCUT2D eigenvalue weighted by atomic mass is 16.5. The first-order valence-corrected chi connectivity index (χ1v) is 10.2. The second-order valence-electron chi connectivity index (χ2n) is 8.33. The first-order valence-electron chi connectivity index (χ1n) is 10.2. The van der Waals surface area contributed by atoms with Crippen molar-refractivity contribution in [3.05, 3.63) is 101 Å². The van der Waals surface area contributed by atoms with E-state index >= 15 is 0 Å². The van der Waals surface area contributed by atoms with Gasteiger partial charge in [0.15, 0.2) is 6.10 Å². The zero-order chi connectivity index (χ0) is 23.1. The Bertz CT molecular complexity index is 1080. The Hall–Kier alpha value is -3.77. The largest absolute Gasteiger partial charge is 0.423 e. The highest BCUT2D eigenvalue weighted by molar-refractivity contribution is 5.91. The minimum Gasteiger partial charge on any atom is -0.423 e. The maximum atomic E-state index is 12.4. The number of amides is 1. The molecule has 0 aromatic heterocycles. The van der Waals surface area contributed by atoms with Crippen molar-refractivity contribution in [3.63, 3.8) is 0 Å². The van der Waals surface area contributed by atoms with E-state index in [4.69, 9.17) is 4.74 Å². The summed E-state index contributed by atoms with van der Waals surface area (Å²) in [6, 6.07) is 22.7. The molecule has 1 amide bonds. The van der Waals surface area contributed by atoms with Gasteiger partial charge in [-0.1, -0.05) is 63.2 Å². The summed E-state index contributed by atoms with van der Waals surface area (Å²) < 4.78 is 5.42. The van der Waals surface area contributed by atoms with Crippen LogP contribution in [0.25, 0.3) is 0 Å². The van der Waals surface area contributed by atoms with Gasteiger partial charge in [0, 0.05) is 0 Å². The lowest BCUT2D eigenvalue weighted by molar-refractivity contribution is -0.129. The summed E-state index contributed by atoms with van der Waals surface area (Å²) in [4.78, 5) is 24.4. The van der Waals surface area contributed by atoms with Crippen LogP contribution in [0.4, 0.5) is 0 Å². The topological polar surface area (TPSA) is 88.0 Å². The standard InChI is InChI=1S/C26H26N2O4/c1-26(2,3)21-13-11-20(12-14-21)25(31)32-22-15-9-18(10-16-22)17-27-28-24(30)23(29)19-7-5-4-6-8-19/h4-17,23,29H,1-3H3,(H,28,30)/b27-17-/t23-/m0/s1. The molecule has 0 aliphatic heterocycles. The van der Waals surface area contributed by atoms with Crippen molar-refractivity contribution in [3.8, 4) is 5.75 Å². The Balaban J connectivity index is 1.54. The maximum absolute atomic E-state index is 12.4. The molecule has 164 valence electrons. The third kappa shape index (κ3) is 6.12. The van der Waals surface area contributed by atoms with Crippen LogP contribution in [-0.2, 0) is 10.2 Å². The van der Waals surface area contributed by atoms with Gasteiger partial charge in [-0.25, -0.2) is 10.2 Å². The first-order chi connectivity index (χ1) is 15.2. The van der Waals surface area contributed by atoms with Crippen LogP contribution in [0.15, 0.2) is 84.0 Å². The highest BCUT2D eigenvalue weighted by Crippen LogP contribution is 2.22. The monoisotopic (exact) mass is 430 g/mol. The summed E-state index contributed by atoms with van der Waals surface area (Å²) in [7, 11) is 0. The Morgan fingerprint density at radius 3 is 2.16 bits per heavy atom. The van der Waals surface area contributed by atoms with Crippen molar-refractivity contribution in [2.24, 2.45) is 5.10 Å². The third-order valence-electron chi connectivity index (χ3n) is 4.83. The molecule has 3 aromatic rings. The first kappa shape index (κ1) is 22.9. The number of nitrogens with one attached hydrogen (secondary N) is 1. The lowest BCUT2D eigenvalue weighted by atomic mass is 9.87. The average Bonchev–Trinajstić information content (AvgIpc) is 2.79. The Morgan fingerprint density at radius 1 is 0.938 bits per heavy atom. The smallest absolute Gasteiger partial charge is 0.343 e. The van der Waals surface area contributed by atoms with Gasteiger partial charge in [-0.3, -0.25) is 4.79 Å². The number of hydrazone groups is 1. The van der Waals surface area contributed by atoms with Crippen LogP contribution in [0.2, 0.25) is 0 Å². The molecule has 0 saturated carbocycles. The predicted octanol–water partition coefficient (Wildman–Crippen LogP) is 4.39. The summed E-state index contributed by atoms with van der Waals surface area (Å²) in [5.74, 6) is -0.667. The van der Waals surface area contributed by atoms with Crippen molar-refractivity contribution in [1.29, 1.82) is 0 Å². The molecule has 3 aromatic carbocycles. The SMILES string of the molecule is CC(C)(C)c1ccc(C(=O)Oc2ccc(/C=N\NC(=O)[C@@H](O)c3ccccc3)cc2)cc1. The van der Waals surface area contributed by atoms with Crippen LogP contribution < -0.4 is 10.2 Å². The molecule has 0 spiro atoms. The zero-order valence-electron chi connectivity index (χ0n) is 18.3. The lowest BCUT2D eigenvalue weighted by Crippen LogP contribution is -2.25. The van der Waals surface area contributed by atoms with Crippen LogP contribution in [0, 0.1) is 0 Å². The summed E-state index contributed by atoms with van der Waals surface area (Å²) in [5, 5.41) is 13.9. The quantitative estimate of drug-likeness (QED) is 0.263. The molecule has 6 heteroatoms. The van der Waals surface area contributed by atoms with E-state index in [1.165, 1.54) is 6.21 Å². The van der Waals surface area contributed by atoms with Crippen molar-refractivity contribution in [1.82, 2.24) is 5.43 Å². The molecule has 32 heavy (non-hydrogen) atoms. The van der Waals surface area contributed by atoms with Gasteiger partial charge in [-0.15, -0.1) is 0 Å². The van der Waals surface area contributed by atoms with Crippen molar-refractivity contribution >= 4 is 18.1 Å². The van der Waals surface area contributed by atoms with E-state index in [1.54, 1.807) is 66.7 Å². The average molecular weight is 431 g/mol. The van der Waals surface area contributed by atoms with E-state index in [9.17, 15) is 14.7 Å². The number of rotatable bonds is 6. The molecule has 1 atom stereocenters. The van der Waals surface area contributed by atoms with Gasteiger partial charge in [0.1, 0.15) is 5.75 Å². The maximum Gasteiger partial charge on any atom is 0.343 e. The summed E-state index contributed by atoms with van der Waals surface area (Å²) in [6.45, 7) is 6.34. The third-order valence-corrected chi connectivity index (χ3v) is 4.83. The van der Waals surface area contributed by atoms with Crippen LogP contribution in [0.1, 0.15) is 53.9 Å². The number of esters is 1. The molecule has 0 radical (unpaired) electrons. The van der Waals surface area contributed by atoms with E-state index in [0.717, 1.165) is 5.56 Å². The van der Waals surface area contributed by atoms with Crippen molar-refractivity contribution in [2.75, 3.05) is 0 Å². The van der Waals surface area contributed by atoms with Crippen LogP contribution in [-0.4, -0.2) is 23.2 Å². The number of carbonyl (C=O) groups excluding carboxylic acids is 2. The second kappa shape index (κ2) is 10.0. The normalized spacial score (nSPS) is 12.4. The van der Waals surface area contributed by atoms with E-state index in [0.29, 0.717) is 22.4 Å². The Labute approximate surface area is 187 Å². The molecule has 0 aliphatic rings. The predicted molar refractivity (Wildman–Crippen MR) is 124 cm³/mol. The van der Waals surface area contributed by atoms with Crippen LogP contribution >= 0.6 is 0 Å². The number of aliphatic hydroxyl groups excluding tert-OH is 1. The Morgan fingerprint density at radius 2 is 1.56 bits per heavy atom. The van der Waals surface area contributed by atoms with E-state index in [2.05, 4.69) is 31.3 Å². The van der Waals surface area contributed by atoms with E-state index in [1.807, 2.05) is 12.1 Å². The van der Waals surface area contributed by atoms with E-state index < -0.39 is 18.0 Å². The molecule has 3 rings (SSSR count). The molecule has 2 N–H and O–H groups in total. The van der Waals surface area contributed by atoms with Crippen LogP contribution in [0.3, 0.4) is 0 Å². The van der Waals surface area contributed by atoms with Gasteiger partial charge in [0.05, 0.1) is 11.8 Å². The molecule has 0 unspecified atom stereocenters. The fraction of sp³-hybridized carbons (Fsp3) is 0.192. The molecule has 0 aliphatic carbocycles. The summed E-state index contributed by atoms with van der Waals surface area (Å²) >= 11 is 0. The fourth-order valence-electron chi connectivity index (χ4n) is 2.91. The van der Waals surface area contributed by atoms with Gasteiger partial charge in [0.25, 0.3) is 5.91 Å². The van der Waals surface area contributed by atoms with Gasteiger partial charge in [-0.05, 0) is 58.5 Å². The van der Waals surface area contributed by atoms with Gasteiger partial charge < -0.3 is 9.84 Å². The molecule has 6 nitrogen and oxygen atoms in total. The lowest BCUT2D eigenvalue weighted by Gasteiger charge is -2.18. The number of ether oxygens (including phenoxy) is 1. The summed E-state index contributed by atoms with van der Waals surface area (Å²) in [5.41, 5.74) is 5.11. The summed E-state index contributed by atoms with van der Waals surface area (Å²) in [6.07, 6.45) is 0.138. The second-order valence-corrected chi connectivity index (χ2v) is 8.33. The fourth-order valence-corrected chi connectivity index (χ4v) is 2.91. The number of benzene rings is 3. The van der Waals surface area contributed by atoms with Crippen molar-refractivity contribution < 1.29 is 19.4 Å². The Kier molecular flexibility index (Phi) is 7.18. The molecule has 0 saturated heterocycles. The minimum atomic E-state index is -1.30. The van der Waals surface area contributed by atoms with Gasteiger partial charge >= 0.3 is 5.97 Å². The highest BCUT2D eigenvalue weighted by Gasteiger charge is 2.16. The minimum absolute atomic E-state index is 0.0128. The molecular formula is C26H26N2O4. The number of nitrogens with zero attached hydrogens (tertiary/aromatic N) is 1. The van der Waals surface area contributed by atoms with Crippen LogP contribution in [0.5, 0.6) is 5.75 Å². The number of hydrogen-bond donors (Lipinski definition) is 2. The number of carbonyl (C=O) groups is 2. The molecule has 0 heterocycles. The van der Waals surface area contributed by atoms with Gasteiger partial charge in [0.2, 0.25) is 0 Å². The van der Waals surface area contributed by atoms with Crippen molar-refractivity contribution in [2.45, 2.75) is 32.3 Å².